The highest BCUT2D eigenvalue weighted by molar-refractivity contribution is 5.96. The van der Waals surface area contributed by atoms with Crippen LogP contribution in [0.3, 0.4) is 0 Å². The van der Waals surface area contributed by atoms with E-state index in [1.165, 1.54) is 0 Å². The summed E-state index contributed by atoms with van der Waals surface area (Å²) in [6.07, 6.45) is 5.69. The van der Waals surface area contributed by atoms with Crippen LogP contribution in [-0.2, 0) is 17.6 Å². The van der Waals surface area contributed by atoms with Gasteiger partial charge in [-0.15, -0.1) is 0 Å². The minimum absolute atomic E-state index is 0.0629. The van der Waals surface area contributed by atoms with Gasteiger partial charge in [0.2, 0.25) is 0 Å². The van der Waals surface area contributed by atoms with E-state index in [2.05, 4.69) is 15.5 Å². The van der Waals surface area contributed by atoms with Crippen molar-refractivity contribution in [2.45, 2.75) is 31.7 Å². The number of aromatic nitrogens is 2. The summed E-state index contributed by atoms with van der Waals surface area (Å²) in [5.41, 5.74) is 2.17. The Kier molecular flexibility index (Phi) is 5.65. The molecule has 0 fully saturated rings. The molecule has 0 bridgehead atoms. The van der Waals surface area contributed by atoms with E-state index < -0.39 is 11.9 Å². The van der Waals surface area contributed by atoms with Gasteiger partial charge in [-0.05, 0) is 24.5 Å². The predicted molar refractivity (Wildman–Crippen MR) is 105 cm³/mol. The van der Waals surface area contributed by atoms with E-state index in [0.717, 1.165) is 11.1 Å². The van der Waals surface area contributed by atoms with Crippen LogP contribution < -0.4 is 10.1 Å². The molecule has 2 aromatic heterocycles. The van der Waals surface area contributed by atoms with Crippen LogP contribution in [-0.4, -0.2) is 34.5 Å². The monoisotopic (exact) mass is 391 g/mol. The molecule has 1 aliphatic rings. The fourth-order valence-corrected chi connectivity index (χ4v) is 3.29. The average Bonchev–Trinajstić information content (AvgIpc) is 3.22. The number of pyridine rings is 1. The Labute approximate surface area is 168 Å². The largest absolute Gasteiger partial charge is 0.491 e. The zero-order valence-electron chi connectivity index (χ0n) is 15.8. The summed E-state index contributed by atoms with van der Waals surface area (Å²) in [4.78, 5) is 29.2. The van der Waals surface area contributed by atoms with Crippen molar-refractivity contribution in [3.63, 3.8) is 0 Å². The van der Waals surface area contributed by atoms with Crippen molar-refractivity contribution in [3.05, 3.63) is 77.4 Å². The van der Waals surface area contributed by atoms with Crippen molar-refractivity contribution in [2.24, 2.45) is 0 Å². The highest BCUT2D eigenvalue weighted by atomic mass is 16.5. The molecule has 0 aliphatic carbocycles. The molecule has 0 spiro atoms. The van der Waals surface area contributed by atoms with Crippen molar-refractivity contribution >= 4 is 11.7 Å². The molecule has 4 rings (SSSR count). The predicted octanol–water partition coefficient (Wildman–Crippen LogP) is 2.74. The smallest absolute Gasteiger partial charge is 0.274 e. The number of ether oxygens (including phenoxy) is 1. The summed E-state index contributed by atoms with van der Waals surface area (Å²) >= 11 is 0. The Hall–Kier alpha value is -3.48. The number of nitrogens with zero attached hydrogens (tertiary/aromatic N) is 2. The standard InChI is InChI=1S/C22H21N3O4/c26-20-8-4-7-16-13-23-10-9-21(16)28-14-19(20)24-22(27)18-12-17(29-25-18)11-15-5-2-1-3-6-15/h1-3,5-6,9-10,12-13,19H,4,7-8,11,14H2,(H,24,27). The van der Waals surface area contributed by atoms with Crippen molar-refractivity contribution in [1.29, 1.82) is 0 Å². The van der Waals surface area contributed by atoms with Crippen molar-refractivity contribution in [1.82, 2.24) is 15.5 Å². The lowest BCUT2D eigenvalue weighted by molar-refractivity contribution is -0.121. The van der Waals surface area contributed by atoms with Crippen molar-refractivity contribution in [3.8, 4) is 5.75 Å². The molecule has 1 aromatic carbocycles. The molecule has 3 heterocycles. The number of amides is 1. The van der Waals surface area contributed by atoms with Crippen LogP contribution in [0.1, 0.15) is 40.2 Å². The van der Waals surface area contributed by atoms with Gasteiger partial charge in [0.15, 0.2) is 11.5 Å². The summed E-state index contributed by atoms with van der Waals surface area (Å²) in [6, 6.07) is 12.4. The zero-order valence-corrected chi connectivity index (χ0v) is 15.8. The quantitative estimate of drug-likeness (QED) is 0.735. The second-order valence-electron chi connectivity index (χ2n) is 6.98. The zero-order chi connectivity index (χ0) is 20.1. The maximum Gasteiger partial charge on any atom is 0.274 e. The number of carbonyl (C=O) groups excluding carboxylic acids is 2. The Morgan fingerprint density at radius 1 is 1.17 bits per heavy atom. The van der Waals surface area contributed by atoms with Crippen LogP contribution in [0.2, 0.25) is 0 Å². The van der Waals surface area contributed by atoms with Gasteiger partial charge in [0.25, 0.3) is 5.91 Å². The molecule has 1 N–H and O–H groups in total. The van der Waals surface area contributed by atoms with Crippen LogP contribution >= 0.6 is 0 Å². The molecule has 0 saturated heterocycles. The number of carbonyl (C=O) groups is 2. The number of hydrogen-bond acceptors (Lipinski definition) is 6. The first-order valence-corrected chi connectivity index (χ1v) is 9.58. The maximum absolute atomic E-state index is 12.6. The summed E-state index contributed by atoms with van der Waals surface area (Å²) in [5, 5.41) is 6.59. The number of nitrogens with one attached hydrogen (secondary N) is 1. The third-order valence-electron chi connectivity index (χ3n) is 4.84. The highest BCUT2D eigenvalue weighted by Gasteiger charge is 2.25. The molecule has 148 valence electrons. The van der Waals surface area contributed by atoms with Crippen LogP contribution in [0.5, 0.6) is 5.75 Å². The number of fused-ring (bicyclic) bond motifs is 1. The molecule has 7 heteroatoms. The minimum atomic E-state index is -0.740. The van der Waals surface area contributed by atoms with Crippen LogP contribution in [0.25, 0.3) is 0 Å². The summed E-state index contributed by atoms with van der Waals surface area (Å²) in [7, 11) is 0. The van der Waals surface area contributed by atoms with Crippen LogP contribution in [0.4, 0.5) is 0 Å². The lowest BCUT2D eigenvalue weighted by atomic mass is 10.0. The molecule has 1 amide bonds. The fourth-order valence-electron chi connectivity index (χ4n) is 3.29. The van der Waals surface area contributed by atoms with Crippen molar-refractivity contribution in [2.75, 3.05) is 6.61 Å². The van der Waals surface area contributed by atoms with Gasteiger partial charge >= 0.3 is 0 Å². The number of rotatable bonds is 4. The van der Waals surface area contributed by atoms with E-state index in [0.29, 0.717) is 37.2 Å². The SMILES string of the molecule is O=C(NC1COc2ccncc2CCCC1=O)c1cc(Cc2ccccc2)on1. The molecule has 1 aliphatic heterocycles. The van der Waals surface area contributed by atoms with Gasteiger partial charge in [-0.2, -0.15) is 0 Å². The van der Waals surface area contributed by atoms with Gasteiger partial charge in [-0.1, -0.05) is 35.5 Å². The van der Waals surface area contributed by atoms with Crippen LogP contribution in [0, 0.1) is 0 Å². The Morgan fingerprint density at radius 3 is 2.90 bits per heavy atom. The first-order chi connectivity index (χ1) is 14.2. The number of benzene rings is 1. The van der Waals surface area contributed by atoms with Crippen molar-refractivity contribution < 1.29 is 18.8 Å². The Balaban J connectivity index is 1.42. The second kappa shape index (κ2) is 8.68. The number of ketones is 1. The Bertz CT molecular complexity index is 1000. The molecule has 29 heavy (non-hydrogen) atoms. The summed E-state index contributed by atoms with van der Waals surface area (Å²) < 4.78 is 11.1. The molecule has 0 radical (unpaired) electrons. The van der Waals surface area contributed by atoms with E-state index in [4.69, 9.17) is 9.26 Å². The molecular formula is C22H21N3O4. The molecule has 3 aromatic rings. The highest BCUT2D eigenvalue weighted by Crippen LogP contribution is 2.21. The third kappa shape index (κ3) is 4.68. The lowest BCUT2D eigenvalue weighted by Crippen LogP contribution is -2.44. The molecular weight excluding hydrogens is 370 g/mol. The Morgan fingerprint density at radius 2 is 2.03 bits per heavy atom. The third-order valence-corrected chi connectivity index (χ3v) is 4.84. The number of hydrogen-bond donors (Lipinski definition) is 1. The minimum Gasteiger partial charge on any atom is -0.491 e. The second-order valence-corrected chi connectivity index (χ2v) is 6.98. The van der Waals surface area contributed by atoms with E-state index in [-0.39, 0.29) is 18.1 Å². The normalized spacial score (nSPS) is 16.7. The number of aryl methyl sites for hydroxylation is 1. The molecule has 1 atom stereocenters. The van der Waals surface area contributed by atoms with Gasteiger partial charge in [-0.3, -0.25) is 14.6 Å². The van der Waals surface area contributed by atoms with E-state index in [1.807, 2.05) is 30.3 Å². The molecule has 1 unspecified atom stereocenters. The number of Topliss-reactive ketones (excluding diaryl/α,β-unsaturated/α-hetero) is 1. The van der Waals surface area contributed by atoms with E-state index in [1.54, 1.807) is 24.5 Å². The van der Waals surface area contributed by atoms with Gasteiger partial charge in [0.05, 0.1) is 0 Å². The van der Waals surface area contributed by atoms with E-state index >= 15 is 0 Å². The average molecular weight is 391 g/mol. The topological polar surface area (TPSA) is 94.3 Å². The molecule has 7 nitrogen and oxygen atoms in total. The van der Waals surface area contributed by atoms with Crippen LogP contribution in [0.15, 0.2) is 59.4 Å². The summed E-state index contributed by atoms with van der Waals surface area (Å²) in [5.74, 6) is 0.761. The van der Waals surface area contributed by atoms with Gasteiger partial charge in [0.1, 0.15) is 24.2 Å². The maximum atomic E-state index is 12.6. The fraction of sp³-hybridized carbons (Fsp3) is 0.273. The first-order valence-electron chi connectivity index (χ1n) is 9.58. The van der Waals surface area contributed by atoms with Gasteiger partial charge in [-0.25, -0.2) is 0 Å². The molecule has 0 saturated carbocycles. The van der Waals surface area contributed by atoms with E-state index in [9.17, 15) is 9.59 Å². The van der Waals surface area contributed by atoms with Gasteiger partial charge in [0, 0.05) is 36.9 Å². The first kappa shape index (κ1) is 18.9. The summed E-state index contributed by atoms with van der Waals surface area (Å²) in [6.45, 7) is 0.0658. The lowest BCUT2D eigenvalue weighted by Gasteiger charge is -2.17. The van der Waals surface area contributed by atoms with Gasteiger partial charge < -0.3 is 14.6 Å².